The molecule has 0 aliphatic carbocycles. The summed E-state index contributed by atoms with van der Waals surface area (Å²) in [5.74, 6) is 0. The van der Waals surface area contributed by atoms with Crippen LogP contribution >= 0.6 is 0 Å². The van der Waals surface area contributed by atoms with E-state index in [4.69, 9.17) is 0 Å². The highest BCUT2D eigenvalue weighted by Crippen LogP contribution is 2.24. The number of nitrogens with zero attached hydrogens (tertiary/aromatic N) is 2. The molecule has 0 fully saturated rings. The third-order valence-electron chi connectivity index (χ3n) is 12.3. The number of hydrogen-bond donors (Lipinski definition) is 0. The number of hydrogen-bond acceptors (Lipinski definition) is 2. The van der Waals surface area contributed by atoms with Crippen molar-refractivity contribution in [3.63, 3.8) is 0 Å². The zero-order valence-corrected chi connectivity index (χ0v) is 36.7. The van der Waals surface area contributed by atoms with Gasteiger partial charge in [-0.2, -0.15) is 0 Å². The summed E-state index contributed by atoms with van der Waals surface area (Å²) in [7, 11) is 0. The van der Waals surface area contributed by atoms with Gasteiger partial charge in [-0.15, -0.1) is 0 Å². The molecule has 0 saturated heterocycles. The largest absolute Gasteiger partial charge is 0.356 e. The molecule has 1 aliphatic rings. The van der Waals surface area contributed by atoms with E-state index in [1.165, 1.54) is 283 Å². The van der Waals surface area contributed by atoms with Gasteiger partial charge in [0.2, 0.25) is 0 Å². The summed E-state index contributed by atoms with van der Waals surface area (Å²) in [6.45, 7) is 9.50. The first-order valence-electron chi connectivity index (χ1n) is 25.0. The first-order valence-corrected chi connectivity index (χ1v) is 25.0. The van der Waals surface area contributed by atoms with Crippen molar-refractivity contribution in [3.05, 3.63) is 12.4 Å². The van der Waals surface area contributed by atoms with E-state index in [0.717, 1.165) is 0 Å². The average Bonchev–Trinajstić information content (AvgIpc) is 3.54. The lowest BCUT2D eigenvalue weighted by atomic mass is 10.0. The molecule has 2 heteroatoms. The fourth-order valence-corrected chi connectivity index (χ4v) is 8.66. The molecule has 0 aromatic heterocycles. The molecule has 1 heterocycles. The molecule has 1 unspecified atom stereocenters. The molecule has 0 aromatic carbocycles. The van der Waals surface area contributed by atoms with Gasteiger partial charge < -0.3 is 9.80 Å². The molecule has 310 valence electrons. The Balaban J connectivity index is 2.18. The van der Waals surface area contributed by atoms with E-state index in [2.05, 4.69) is 43.0 Å². The van der Waals surface area contributed by atoms with Crippen molar-refractivity contribution in [1.29, 1.82) is 0 Å². The third kappa shape index (κ3) is 32.7. The van der Waals surface area contributed by atoms with Crippen molar-refractivity contribution in [3.8, 4) is 0 Å². The maximum atomic E-state index is 2.74. The Morgan fingerprint density at radius 3 is 0.673 bits per heavy atom. The summed E-state index contributed by atoms with van der Waals surface area (Å²) in [6, 6.07) is 0. The predicted molar refractivity (Wildman–Crippen MR) is 237 cm³/mol. The molecule has 0 N–H and O–H groups in total. The molecule has 52 heavy (non-hydrogen) atoms. The number of unbranched alkanes of at least 4 members (excludes halogenated alkanes) is 38. The molecule has 0 spiro atoms. The molecule has 1 rings (SSSR count). The van der Waals surface area contributed by atoms with Gasteiger partial charge in [0.15, 0.2) is 0 Å². The van der Waals surface area contributed by atoms with Crippen LogP contribution in [-0.2, 0) is 0 Å². The van der Waals surface area contributed by atoms with E-state index in [-0.39, 0.29) is 0 Å². The van der Waals surface area contributed by atoms with Crippen LogP contribution in [0.1, 0.15) is 290 Å². The van der Waals surface area contributed by atoms with Crippen LogP contribution < -0.4 is 0 Å². The minimum atomic E-state index is 0.636. The molecule has 1 aliphatic heterocycles. The van der Waals surface area contributed by atoms with Gasteiger partial charge in [0, 0.05) is 25.5 Å². The Morgan fingerprint density at radius 2 is 0.442 bits per heavy atom. The van der Waals surface area contributed by atoms with Crippen molar-refractivity contribution in [2.24, 2.45) is 0 Å². The van der Waals surface area contributed by atoms with E-state index >= 15 is 0 Å². The van der Waals surface area contributed by atoms with Crippen LogP contribution in [0.3, 0.4) is 0 Å². The van der Waals surface area contributed by atoms with Gasteiger partial charge in [0.05, 0.1) is 0 Å². The normalized spacial score (nSPS) is 14.4. The van der Waals surface area contributed by atoms with E-state index in [9.17, 15) is 0 Å². The van der Waals surface area contributed by atoms with Gasteiger partial charge in [0.1, 0.15) is 6.17 Å². The van der Waals surface area contributed by atoms with Gasteiger partial charge >= 0.3 is 0 Å². The van der Waals surface area contributed by atoms with Gasteiger partial charge in [-0.05, 0) is 25.7 Å². The summed E-state index contributed by atoms with van der Waals surface area (Å²) >= 11 is 0. The van der Waals surface area contributed by atoms with E-state index in [0.29, 0.717) is 6.17 Å². The van der Waals surface area contributed by atoms with Crippen molar-refractivity contribution >= 4 is 0 Å². The van der Waals surface area contributed by atoms with Crippen LogP contribution in [0.2, 0.25) is 0 Å². The van der Waals surface area contributed by atoms with Crippen LogP contribution in [0, 0.1) is 0 Å². The summed E-state index contributed by atoms with van der Waals surface area (Å²) in [4.78, 5) is 5.48. The summed E-state index contributed by atoms with van der Waals surface area (Å²) in [5, 5.41) is 0. The lowest BCUT2D eigenvalue weighted by Crippen LogP contribution is -2.39. The second-order valence-corrected chi connectivity index (χ2v) is 17.5. The van der Waals surface area contributed by atoms with Crippen molar-refractivity contribution in [2.75, 3.05) is 13.1 Å². The molecule has 1 atom stereocenters. The molecule has 0 aromatic rings. The van der Waals surface area contributed by atoms with E-state index < -0.39 is 0 Å². The Morgan fingerprint density at radius 1 is 0.250 bits per heavy atom. The van der Waals surface area contributed by atoms with Crippen LogP contribution in [0.25, 0.3) is 0 Å². The van der Waals surface area contributed by atoms with Crippen molar-refractivity contribution in [2.45, 2.75) is 297 Å². The van der Waals surface area contributed by atoms with Crippen LogP contribution in [-0.4, -0.2) is 29.1 Å². The topological polar surface area (TPSA) is 6.48 Å². The van der Waals surface area contributed by atoms with E-state index in [1.807, 2.05) is 0 Å². The second-order valence-electron chi connectivity index (χ2n) is 17.5. The Hall–Kier alpha value is -0.660. The highest BCUT2D eigenvalue weighted by Gasteiger charge is 2.24. The summed E-state index contributed by atoms with van der Waals surface area (Å²) in [6.07, 6.45) is 66.4. The zero-order chi connectivity index (χ0) is 37.3. The highest BCUT2D eigenvalue weighted by atomic mass is 15.4. The van der Waals surface area contributed by atoms with Crippen LogP contribution in [0.5, 0.6) is 0 Å². The number of rotatable bonds is 44. The molecular weight excluding hydrogens is 629 g/mol. The molecule has 0 amide bonds. The lowest BCUT2D eigenvalue weighted by Gasteiger charge is -2.33. The van der Waals surface area contributed by atoms with Gasteiger partial charge in [0.25, 0.3) is 0 Å². The maximum Gasteiger partial charge on any atom is 0.101 e. The summed E-state index contributed by atoms with van der Waals surface area (Å²) < 4.78 is 0. The standard InChI is InChI=1S/C50H100N2/c1-4-7-10-13-16-19-22-24-25-26-27-29-32-35-38-41-44-47-52-49-48-51(46-43-40-37-34-31-28-23-20-17-14-11-8-5-2)50(52)45-42-39-36-33-30-21-18-15-12-9-6-3/h48-50H,4-47H2,1-3H3. The smallest absolute Gasteiger partial charge is 0.101 e. The maximum absolute atomic E-state index is 2.74. The SMILES string of the molecule is CCCCCCCCCCCCCCCCCCCN1C=CN(CCCCCCCCCCCCCCC)C1CCCCCCCCCCCCC. The predicted octanol–water partition coefficient (Wildman–Crippen LogP) is 17.8. The fraction of sp³-hybridized carbons (Fsp3) is 0.960. The molecular formula is C50H100N2. The fourth-order valence-electron chi connectivity index (χ4n) is 8.66. The third-order valence-corrected chi connectivity index (χ3v) is 12.3. The first-order chi connectivity index (χ1) is 25.8. The Bertz CT molecular complexity index is 688. The monoisotopic (exact) mass is 729 g/mol. The van der Waals surface area contributed by atoms with Gasteiger partial charge in [-0.3, -0.25) is 0 Å². The van der Waals surface area contributed by atoms with Crippen LogP contribution in [0.15, 0.2) is 12.4 Å². The van der Waals surface area contributed by atoms with Crippen molar-refractivity contribution < 1.29 is 0 Å². The Kier molecular flexibility index (Phi) is 39.4. The highest BCUT2D eigenvalue weighted by molar-refractivity contribution is 4.97. The summed E-state index contributed by atoms with van der Waals surface area (Å²) in [5.41, 5.74) is 0. The first kappa shape index (κ1) is 49.4. The molecule has 2 nitrogen and oxygen atoms in total. The lowest BCUT2D eigenvalue weighted by molar-refractivity contribution is 0.135. The van der Waals surface area contributed by atoms with Crippen molar-refractivity contribution in [1.82, 2.24) is 9.80 Å². The quantitative estimate of drug-likeness (QED) is 0.0576. The minimum absolute atomic E-state index is 0.636. The molecule has 0 radical (unpaired) electrons. The van der Waals surface area contributed by atoms with Crippen LogP contribution in [0.4, 0.5) is 0 Å². The second kappa shape index (κ2) is 41.5. The van der Waals surface area contributed by atoms with E-state index in [1.54, 1.807) is 0 Å². The Labute approximate surface area is 330 Å². The van der Waals surface area contributed by atoms with Gasteiger partial charge in [-0.25, -0.2) is 0 Å². The zero-order valence-electron chi connectivity index (χ0n) is 36.7. The molecule has 0 bridgehead atoms. The average molecular weight is 729 g/mol. The molecule has 0 saturated carbocycles. The minimum Gasteiger partial charge on any atom is -0.356 e. The van der Waals surface area contributed by atoms with Gasteiger partial charge in [-0.1, -0.05) is 265 Å².